The molecule has 0 aliphatic carbocycles. The number of furan rings is 1. The van der Waals surface area contributed by atoms with Gasteiger partial charge < -0.3 is 15.1 Å². The number of aryl methyl sites for hydroxylation is 2. The molecule has 0 radical (unpaired) electrons. The molecule has 0 aromatic carbocycles. The molecular weight excluding hydrogens is 240 g/mol. The third kappa shape index (κ3) is 3.01. The van der Waals surface area contributed by atoms with Crippen molar-refractivity contribution in [3.05, 3.63) is 23.2 Å². The van der Waals surface area contributed by atoms with Crippen molar-refractivity contribution < 1.29 is 9.21 Å². The highest BCUT2D eigenvalue weighted by Gasteiger charge is 2.25. The van der Waals surface area contributed by atoms with Gasteiger partial charge in [0.25, 0.3) is 5.91 Å². The van der Waals surface area contributed by atoms with Crippen LogP contribution in [-0.2, 0) is 0 Å². The zero-order valence-corrected chi connectivity index (χ0v) is 11.0. The van der Waals surface area contributed by atoms with E-state index in [4.69, 9.17) is 10.2 Å². The van der Waals surface area contributed by atoms with Gasteiger partial charge in [0.15, 0.2) is 5.76 Å². The Labute approximate surface area is 108 Å². The summed E-state index contributed by atoms with van der Waals surface area (Å²) in [4.78, 5) is 13.9. The zero-order valence-electron chi connectivity index (χ0n) is 10.2. The molecule has 0 bridgehead atoms. The topological polar surface area (TPSA) is 59.5 Å². The second kappa shape index (κ2) is 5.56. The van der Waals surface area contributed by atoms with Crippen molar-refractivity contribution in [3.8, 4) is 0 Å². The molecule has 1 unspecified atom stereocenters. The van der Waals surface area contributed by atoms with E-state index < -0.39 is 0 Å². The van der Waals surface area contributed by atoms with Gasteiger partial charge >= 0.3 is 0 Å². The van der Waals surface area contributed by atoms with Gasteiger partial charge in [-0.2, -0.15) is 0 Å². The van der Waals surface area contributed by atoms with E-state index in [1.165, 1.54) is 0 Å². The van der Waals surface area contributed by atoms with Crippen LogP contribution in [0.3, 0.4) is 0 Å². The molecule has 1 fully saturated rings. The molecule has 17 heavy (non-hydrogen) atoms. The number of rotatable bonds is 1. The Bertz CT molecular complexity index is 403. The highest BCUT2D eigenvalue weighted by molar-refractivity contribution is 5.93. The fourth-order valence-electron chi connectivity index (χ4n) is 2.19. The van der Waals surface area contributed by atoms with E-state index in [2.05, 4.69) is 0 Å². The smallest absolute Gasteiger partial charge is 0.289 e. The lowest BCUT2D eigenvalue weighted by Gasteiger charge is -2.30. The minimum Gasteiger partial charge on any atom is -0.456 e. The number of hydrogen-bond donors (Lipinski definition) is 1. The Morgan fingerprint density at radius 1 is 1.53 bits per heavy atom. The fraction of sp³-hybridized carbons (Fsp3) is 0.583. The van der Waals surface area contributed by atoms with Crippen LogP contribution in [0.5, 0.6) is 0 Å². The number of amides is 1. The first-order valence-corrected chi connectivity index (χ1v) is 5.70. The van der Waals surface area contributed by atoms with Gasteiger partial charge in [-0.3, -0.25) is 4.79 Å². The molecule has 1 aromatic heterocycles. The third-order valence-corrected chi connectivity index (χ3v) is 2.98. The molecule has 2 rings (SSSR count). The molecule has 1 aliphatic heterocycles. The highest BCUT2D eigenvalue weighted by Crippen LogP contribution is 2.18. The van der Waals surface area contributed by atoms with Crippen LogP contribution >= 0.6 is 12.4 Å². The normalized spacial score (nSPS) is 19.9. The van der Waals surface area contributed by atoms with E-state index in [0.29, 0.717) is 12.3 Å². The molecule has 96 valence electrons. The Hall–Kier alpha value is -1.00. The Balaban J connectivity index is 0.00000144. The van der Waals surface area contributed by atoms with Crippen LogP contribution in [0.4, 0.5) is 0 Å². The number of likely N-dealkylation sites (tertiary alicyclic amines) is 1. The first kappa shape index (κ1) is 14.1. The molecule has 0 saturated carbocycles. The van der Waals surface area contributed by atoms with Crippen molar-refractivity contribution in [3.63, 3.8) is 0 Å². The van der Waals surface area contributed by atoms with Crippen LogP contribution in [0.15, 0.2) is 10.5 Å². The molecule has 2 heterocycles. The minimum atomic E-state index is -0.0271. The monoisotopic (exact) mass is 258 g/mol. The molecule has 1 aliphatic rings. The summed E-state index contributed by atoms with van der Waals surface area (Å²) in [6, 6.07) is 1.99. The minimum absolute atomic E-state index is 0. The third-order valence-electron chi connectivity index (χ3n) is 2.98. The van der Waals surface area contributed by atoms with Gasteiger partial charge in [0.05, 0.1) is 0 Å². The van der Waals surface area contributed by atoms with Gasteiger partial charge in [0.1, 0.15) is 5.76 Å². The van der Waals surface area contributed by atoms with Crippen LogP contribution in [0.1, 0.15) is 34.7 Å². The zero-order chi connectivity index (χ0) is 11.7. The molecule has 5 heteroatoms. The average Bonchev–Trinajstić information content (AvgIpc) is 2.57. The number of piperidine rings is 1. The summed E-state index contributed by atoms with van der Waals surface area (Å²) in [5, 5.41) is 0. The number of carbonyl (C=O) groups is 1. The lowest BCUT2D eigenvalue weighted by molar-refractivity contribution is 0.0674. The van der Waals surface area contributed by atoms with E-state index >= 15 is 0 Å². The standard InChI is InChI=1S/C12H18N2O2.ClH/c1-8-6-9(2)16-11(8)12(15)14-5-3-4-10(13)7-14;/h6,10H,3-5,7,13H2,1-2H3;1H. The van der Waals surface area contributed by atoms with Crippen molar-refractivity contribution in [1.29, 1.82) is 0 Å². The van der Waals surface area contributed by atoms with Crippen LogP contribution in [-0.4, -0.2) is 29.9 Å². The average molecular weight is 259 g/mol. The van der Waals surface area contributed by atoms with Crippen molar-refractivity contribution in [1.82, 2.24) is 4.90 Å². The molecule has 1 atom stereocenters. The molecule has 0 spiro atoms. The number of nitrogens with zero attached hydrogens (tertiary/aromatic N) is 1. The summed E-state index contributed by atoms with van der Waals surface area (Å²) >= 11 is 0. The van der Waals surface area contributed by atoms with Crippen molar-refractivity contribution in [2.75, 3.05) is 13.1 Å². The van der Waals surface area contributed by atoms with Crippen molar-refractivity contribution in [2.45, 2.75) is 32.7 Å². The maximum atomic E-state index is 12.2. The second-order valence-corrected chi connectivity index (χ2v) is 4.52. The van der Waals surface area contributed by atoms with Crippen molar-refractivity contribution in [2.24, 2.45) is 5.73 Å². The lowest BCUT2D eigenvalue weighted by atomic mass is 10.1. The molecule has 2 N–H and O–H groups in total. The van der Waals surface area contributed by atoms with Crippen LogP contribution in [0.25, 0.3) is 0 Å². The first-order chi connectivity index (χ1) is 7.58. The summed E-state index contributed by atoms with van der Waals surface area (Å²) in [7, 11) is 0. The summed E-state index contributed by atoms with van der Waals surface area (Å²) in [5.74, 6) is 1.22. The van der Waals surface area contributed by atoms with Gasteiger partial charge in [0.2, 0.25) is 0 Å². The predicted molar refractivity (Wildman–Crippen MR) is 68.5 cm³/mol. The molecule has 4 nitrogen and oxygen atoms in total. The quantitative estimate of drug-likeness (QED) is 0.837. The lowest BCUT2D eigenvalue weighted by Crippen LogP contribution is -2.45. The van der Waals surface area contributed by atoms with Gasteiger partial charge in [0, 0.05) is 24.7 Å². The summed E-state index contributed by atoms with van der Waals surface area (Å²) < 4.78 is 5.43. The summed E-state index contributed by atoms with van der Waals surface area (Å²) in [6.45, 7) is 5.17. The number of hydrogen-bond acceptors (Lipinski definition) is 3. The number of halogens is 1. The Kier molecular flexibility index (Phi) is 4.60. The van der Waals surface area contributed by atoms with E-state index in [9.17, 15) is 4.79 Å². The molecular formula is C12H19ClN2O2. The van der Waals surface area contributed by atoms with E-state index in [1.54, 1.807) is 4.90 Å². The summed E-state index contributed by atoms with van der Waals surface area (Å²) in [5.41, 5.74) is 6.76. The second-order valence-electron chi connectivity index (χ2n) is 4.52. The van der Waals surface area contributed by atoms with Gasteiger partial charge in [-0.1, -0.05) is 0 Å². The predicted octanol–water partition coefficient (Wildman–Crippen LogP) is 1.88. The SMILES string of the molecule is Cc1cc(C)c(C(=O)N2CCCC(N)C2)o1.Cl. The molecule has 1 aromatic rings. The van der Waals surface area contributed by atoms with E-state index in [1.807, 2.05) is 19.9 Å². The van der Waals surface area contributed by atoms with Crippen LogP contribution < -0.4 is 5.73 Å². The maximum absolute atomic E-state index is 12.2. The van der Waals surface area contributed by atoms with Gasteiger partial charge in [-0.15, -0.1) is 12.4 Å². The number of carbonyl (C=O) groups excluding carboxylic acids is 1. The highest BCUT2D eigenvalue weighted by atomic mass is 35.5. The van der Waals surface area contributed by atoms with E-state index in [-0.39, 0.29) is 24.4 Å². The van der Waals surface area contributed by atoms with Crippen LogP contribution in [0, 0.1) is 13.8 Å². The largest absolute Gasteiger partial charge is 0.456 e. The Morgan fingerprint density at radius 3 is 2.76 bits per heavy atom. The summed E-state index contributed by atoms with van der Waals surface area (Å²) in [6.07, 6.45) is 1.98. The maximum Gasteiger partial charge on any atom is 0.289 e. The first-order valence-electron chi connectivity index (χ1n) is 5.70. The van der Waals surface area contributed by atoms with Crippen molar-refractivity contribution >= 4 is 18.3 Å². The van der Waals surface area contributed by atoms with Crippen LogP contribution in [0.2, 0.25) is 0 Å². The van der Waals surface area contributed by atoms with Gasteiger partial charge in [-0.25, -0.2) is 0 Å². The fourth-order valence-corrected chi connectivity index (χ4v) is 2.19. The van der Waals surface area contributed by atoms with E-state index in [0.717, 1.165) is 30.7 Å². The molecule has 1 saturated heterocycles. The molecule has 1 amide bonds. The van der Waals surface area contributed by atoms with Gasteiger partial charge in [-0.05, 0) is 32.8 Å². The Morgan fingerprint density at radius 2 is 2.24 bits per heavy atom. The number of nitrogens with two attached hydrogens (primary N) is 1.